The second-order valence-corrected chi connectivity index (χ2v) is 5.19. The predicted molar refractivity (Wildman–Crippen MR) is 68.3 cm³/mol. The highest BCUT2D eigenvalue weighted by Gasteiger charge is 2.34. The Bertz CT molecular complexity index is 434. The number of hydrogen-bond acceptors (Lipinski definition) is 5. The maximum absolute atomic E-state index is 11.4. The lowest BCUT2D eigenvalue weighted by Crippen LogP contribution is -2.49. The standard InChI is InChI=1S/C12H21N5O2/c1-3-6-17-10(13-14-15-17)8-16-7-4-5-9(2)11(16)12(18)19/h9,11H,3-8H2,1-2H3,(H,18,19). The zero-order valence-electron chi connectivity index (χ0n) is 11.5. The molecule has 7 heteroatoms. The van der Waals surface area contributed by atoms with Crippen molar-refractivity contribution in [1.82, 2.24) is 25.1 Å². The van der Waals surface area contributed by atoms with Crippen LogP contribution in [0.15, 0.2) is 0 Å². The minimum atomic E-state index is -0.748. The van der Waals surface area contributed by atoms with E-state index in [1.54, 1.807) is 4.68 Å². The number of rotatable bonds is 5. The van der Waals surface area contributed by atoms with Crippen LogP contribution >= 0.6 is 0 Å². The Morgan fingerprint density at radius 1 is 1.53 bits per heavy atom. The van der Waals surface area contributed by atoms with Gasteiger partial charge >= 0.3 is 5.97 Å². The quantitative estimate of drug-likeness (QED) is 0.848. The van der Waals surface area contributed by atoms with Gasteiger partial charge in [-0.05, 0) is 42.2 Å². The number of carboxylic acids is 1. The molecule has 0 amide bonds. The molecule has 2 heterocycles. The predicted octanol–water partition coefficient (Wildman–Crippen LogP) is 0.768. The van der Waals surface area contributed by atoms with Crippen molar-refractivity contribution in [2.45, 2.75) is 52.2 Å². The molecular weight excluding hydrogens is 246 g/mol. The third-order valence-electron chi connectivity index (χ3n) is 3.68. The molecule has 1 saturated heterocycles. The Balaban J connectivity index is 2.11. The summed E-state index contributed by atoms with van der Waals surface area (Å²) >= 11 is 0. The van der Waals surface area contributed by atoms with Gasteiger partial charge in [0.1, 0.15) is 6.04 Å². The van der Waals surface area contributed by atoms with Gasteiger partial charge < -0.3 is 5.11 Å². The van der Waals surface area contributed by atoms with Crippen LogP contribution in [-0.2, 0) is 17.9 Å². The average molecular weight is 267 g/mol. The fraction of sp³-hybridized carbons (Fsp3) is 0.833. The van der Waals surface area contributed by atoms with E-state index in [0.29, 0.717) is 6.54 Å². The van der Waals surface area contributed by atoms with Crippen molar-refractivity contribution in [3.05, 3.63) is 5.82 Å². The number of hydrogen-bond donors (Lipinski definition) is 1. The highest BCUT2D eigenvalue weighted by Crippen LogP contribution is 2.24. The smallest absolute Gasteiger partial charge is 0.321 e. The van der Waals surface area contributed by atoms with Gasteiger partial charge in [0, 0.05) is 6.54 Å². The van der Waals surface area contributed by atoms with Gasteiger partial charge in [-0.2, -0.15) is 0 Å². The van der Waals surface area contributed by atoms with E-state index in [9.17, 15) is 9.90 Å². The Morgan fingerprint density at radius 3 is 3.00 bits per heavy atom. The second kappa shape index (κ2) is 6.10. The molecule has 2 rings (SSSR count). The van der Waals surface area contributed by atoms with Crippen molar-refractivity contribution in [2.75, 3.05) is 6.54 Å². The number of carboxylic acid groups (broad SMARTS) is 1. The fourth-order valence-electron chi connectivity index (χ4n) is 2.75. The first-order chi connectivity index (χ1) is 9.13. The summed E-state index contributed by atoms with van der Waals surface area (Å²) in [6.45, 7) is 6.13. The summed E-state index contributed by atoms with van der Waals surface area (Å²) in [5.41, 5.74) is 0. The van der Waals surface area contributed by atoms with E-state index in [0.717, 1.165) is 38.2 Å². The van der Waals surface area contributed by atoms with Crippen LogP contribution in [0.5, 0.6) is 0 Å². The molecular formula is C12H21N5O2. The van der Waals surface area contributed by atoms with Gasteiger partial charge in [-0.1, -0.05) is 13.8 Å². The van der Waals surface area contributed by atoms with Crippen LogP contribution in [0.25, 0.3) is 0 Å². The minimum Gasteiger partial charge on any atom is -0.480 e. The van der Waals surface area contributed by atoms with E-state index < -0.39 is 12.0 Å². The molecule has 19 heavy (non-hydrogen) atoms. The first kappa shape index (κ1) is 13.9. The molecule has 0 saturated carbocycles. The number of aliphatic carboxylic acids is 1. The third kappa shape index (κ3) is 3.09. The van der Waals surface area contributed by atoms with Gasteiger partial charge in [-0.15, -0.1) is 5.10 Å². The lowest BCUT2D eigenvalue weighted by Gasteiger charge is -2.36. The minimum absolute atomic E-state index is 0.168. The number of tetrazole rings is 1. The summed E-state index contributed by atoms with van der Waals surface area (Å²) in [5, 5.41) is 21.0. The summed E-state index contributed by atoms with van der Waals surface area (Å²) in [6.07, 6.45) is 2.95. The highest BCUT2D eigenvalue weighted by atomic mass is 16.4. The first-order valence-electron chi connectivity index (χ1n) is 6.85. The zero-order chi connectivity index (χ0) is 13.8. The first-order valence-corrected chi connectivity index (χ1v) is 6.85. The van der Waals surface area contributed by atoms with Crippen LogP contribution in [0.2, 0.25) is 0 Å². The van der Waals surface area contributed by atoms with Crippen molar-refractivity contribution < 1.29 is 9.90 Å². The lowest BCUT2D eigenvalue weighted by molar-refractivity contribution is -0.147. The molecule has 1 fully saturated rings. The molecule has 0 spiro atoms. The average Bonchev–Trinajstić information content (AvgIpc) is 2.77. The molecule has 1 N–H and O–H groups in total. The number of aromatic nitrogens is 4. The van der Waals surface area contributed by atoms with Crippen molar-refractivity contribution >= 4 is 5.97 Å². The lowest BCUT2D eigenvalue weighted by atomic mass is 9.91. The summed E-state index contributed by atoms with van der Waals surface area (Å²) in [7, 11) is 0. The van der Waals surface area contributed by atoms with E-state index in [1.807, 2.05) is 11.8 Å². The van der Waals surface area contributed by atoms with Gasteiger partial charge in [0.05, 0.1) is 6.54 Å². The van der Waals surface area contributed by atoms with Crippen molar-refractivity contribution in [1.29, 1.82) is 0 Å². The van der Waals surface area contributed by atoms with Gasteiger partial charge in [0.25, 0.3) is 0 Å². The molecule has 0 bridgehead atoms. The fourth-order valence-corrected chi connectivity index (χ4v) is 2.75. The van der Waals surface area contributed by atoms with Crippen LogP contribution in [0.3, 0.4) is 0 Å². The van der Waals surface area contributed by atoms with E-state index in [2.05, 4.69) is 22.4 Å². The molecule has 1 aromatic rings. The van der Waals surface area contributed by atoms with E-state index >= 15 is 0 Å². The van der Waals surface area contributed by atoms with E-state index in [-0.39, 0.29) is 5.92 Å². The largest absolute Gasteiger partial charge is 0.480 e. The molecule has 2 atom stereocenters. The molecule has 0 aromatic carbocycles. The molecule has 1 aromatic heterocycles. The Kier molecular flexibility index (Phi) is 4.47. The third-order valence-corrected chi connectivity index (χ3v) is 3.68. The van der Waals surface area contributed by atoms with Gasteiger partial charge in [-0.3, -0.25) is 9.69 Å². The molecule has 2 unspecified atom stereocenters. The highest BCUT2D eigenvalue weighted by molar-refractivity contribution is 5.74. The summed E-state index contributed by atoms with van der Waals surface area (Å²) in [4.78, 5) is 13.4. The maximum atomic E-state index is 11.4. The molecule has 0 aliphatic carbocycles. The van der Waals surface area contributed by atoms with Gasteiger partial charge in [0.15, 0.2) is 5.82 Å². The Labute approximate surface area is 112 Å². The van der Waals surface area contributed by atoms with Crippen molar-refractivity contribution in [3.63, 3.8) is 0 Å². The SMILES string of the molecule is CCCn1nnnc1CN1CCCC(C)C1C(=O)O. The number of aryl methyl sites for hydroxylation is 1. The van der Waals surface area contributed by atoms with Crippen LogP contribution in [0.1, 0.15) is 38.9 Å². The van der Waals surface area contributed by atoms with Crippen LogP contribution in [-0.4, -0.2) is 48.8 Å². The van der Waals surface area contributed by atoms with Crippen molar-refractivity contribution in [2.24, 2.45) is 5.92 Å². The zero-order valence-corrected chi connectivity index (χ0v) is 11.5. The summed E-state index contributed by atoms with van der Waals surface area (Å²) in [6, 6.07) is -0.430. The number of piperidine rings is 1. The summed E-state index contributed by atoms with van der Waals surface area (Å²) < 4.78 is 1.76. The van der Waals surface area contributed by atoms with Crippen molar-refractivity contribution in [3.8, 4) is 0 Å². The van der Waals surface area contributed by atoms with Crippen LogP contribution < -0.4 is 0 Å². The number of likely N-dealkylation sites (tertiary alicyclic amines) is 1. The number of carbonyl (C=O) groups is 1. The van der Waals surface area contributed by atoms with Gasteiger partial charge in [-0.25, -0.2) is 4.68 Å². The van der Waals surface area contributed by atoms with Crippen LogP contribution in [0.4, 0.5) is 0 Å². The van der Waals surface area contributed by atoms with E-state index in [4.69, 9.17) is 0 Å². The van der Waals surface area contributed by atoms with Gasteiger partial charge in [0.2, 0.25) is 0 Å². The Morgan fingerprint density at radius 2 is 2.32 bits per heavy atom. The molecule has 7 nitrogen and oxygen atoms in total. The molecule has 1 aliphatic heterocycles. The van der Waals surface area contributed by atoms with Crippen LogP contribution in [0, 0.1) is 5.92 Å². The molecule has 1 aliphatic rings. The maximum Gasteiger partial charge on any atom is 0.321 e. The molecule has 0 radical (unpaired) electrons. The molecule has 106 valence electrons. The monoisotopic (exact) mass is 267 g/mol. The summed E-state index contributed by atoms with van der Waals surface area (Å²) in [5.74, 6) is 0.172. The number of nitrogens with zero attached hydrogens (tertiary/aromatic N) is 5. The topological polar surface area (TPSA) is 84.1 Å². The second-order valence-electron chi connectivity index (χ2n) is 5.19. The normalized spacial score (nSPS) is 24.5. The van der Waals surface area contributed by atoms with E-state index in [1.165, 1.54) is 0 Å². The Hall–Kier alpha value is -1.50.